The molecule has 0 heterocycles. The van der Waals surface area contributed by atoms with Gasteiger partial charge >= 0.3 is 0 Å². The molecule has 0 fully saturated rings. The lowest BCUT2D eigenvalue weighted by Crippen LogP contribution is -2.12. The number of ketones is 1. The SMILES string of the molecule is C[C@]1(C=O)C=CC(=O)C1. The van der Waals surface area contributed by atoms with Crippen molar-refractivity contribution in [2.75, 3.05) is 0 Å². The van der Waals surface area contributed by atoms with Crippen molar-refractivity contribution in [2.24, 2.45) is 5.41 Å². The number of carbonyl (C=O) groups is 2. The van der Waals surface area contributed by atoms with E-state index < -0.39 is 5.41 Å². The Kier molecular flexibility index (Phi) is 1.24. The first kappa shape index (κ1) is 6.20. The molecule has 0 saturated carbocycles. The van der Waals surface area contributed by atoms with E-state index in [1.54, 1.807) is 13.0 Å². The third kappa shape index (κ3) is 1.07. The van der Waals surface area contributed by atoms with E-state index in [-0.39, 0.29) is 5.78 Å². The zero-order chi connectivity index (χ0) is 6.91. The largest absolute Gasteiger partial charge is 0.302 e. The lowest BCUT2D eigenvalue weighted by atomic mass is 9.93. The summed E-state index contributed by atoms with van der Waals surface area (Å²) in [4.78, 5) is 20.8. The van der Waals surface area contributed by atoms with Gasteiger partial charge in [-0.15, -0.1) is 0 Å². The van der Waals surface area contributed by atoms with E-state index in [4.69, 9.17) is 0 Å². The molecule has 1 atom stereocenters. The van der Waals surface area contributed by atoms with Crippen molar-refractivity contribution in [3.05, 3.63) is 12.2 Å². The molecule has 0 N–H and O–H groups in total. The summed E-state index contributed by atoms with van der Waals surface area (Å²) in [6, 6.07) is 0. The van der Waals surface area contributed by atoms with Crippen LogP contribution < -0.4 is 0 Å². The molecule has 1 aliphatic rings. The average Bonchev–Trinajstić information content (AvgIpc) is 2.13. The quantitative estimate of drug-likeness (QED) is 0.483. The number of hydrogen-bond donors (Lipinski definition) is 0. The summed E-state index contributed by atoms with van der Waals surface area (Å²) < 4.78 is 0. The Morgan fingerprint density at radius 3 is 2.67 bits per heavy atom. The van der Waals surface area contributed by atoms with E-state index in [0.29, 0.717) is 6.42 Å². The fourth-order valence-corrected chi connectivity index (χ4v) is 0.858. The van der Waals surface area contributed by atoms with Crippen LogP contribution in [0.2, 0.25) is 0 Å². The number of rotatable bonds is 1. The topological polar surface area (TPSA) is 34.1 Å². The molecule has 0 unspecified atom stereocenters. The first-order valence-electron chi connectivity index (χ1n) is 2.85. The Hall–Kier alpha value is -0.920. The summed E-state index contributed by atoms with van der Waals surface area (Å²) in [5.41, 5.74) is -0.503. The number of aldehydes is 1. The maximum atomic E-state index is 10.6. The van der Waals surface area contributed by atoms with Crippen molar-refractivity contribution in [1.29, 1.82) is 0 Å². The van der Waals surface area contributed by atoms with E-state index >= 15 is 0 Å². The average molecular weight is 124 g/mol. The van der Waals surface area contributed by atoms with Gasteiger partial charge in [0.1, 0.15) is 6.29 Å². The molecular formula is C7H8O2. The minimum Gasteiger partial charge on any atom is -0.302 e. The molecule has 0 saturated heterocycles. The predicted octanol–water partition coefficient (Wildman–Crippen LogP) is 0.721. The Morgan fingerprint density at radius 1 is 1.78 bits per heavy atom. The highest BCUT2D eigenvalue weighted by molar-refractivity contribution is 5.96. The molecule has 0 aromatic heterocycles. The first-order chi connectivity index (χ1) is 4.16. The molecule has 0 aromatic carbocycles. The highest BCUT2D eigenvalue weighted by atomic mass is 16.1. The van der Waals surface area contributed by atoms with Gasteiger partial charge in [0.2, 0.25) is 0 Å². The molecular weight excluding hydrogens is 116 g/mol. The second kappa shape index (κ2) is 1.79. The normalized spacial score (nSPS) is 33.2. The van der Waals surface area contributed by atoms with Crippen LogP contribution in [0.5, 0.6) is 0 Å². The molecule has 0 bridgehead atoms. The molecule has 0 radical (unpaired) electrons. The van der Waals surface area contributed by atoms with Gasteiger partial charge in [-0.1, -0.05) is 6.08 Å². The van der Waals surface area contributed by atoms with Crippen molar-refractivity contribution in [1.82, 2.24) is 0 Å². The van der Waals surface area contributed by atoms with E-state index in [1.807, 2.05) is 0 Å². The lowest BCUT2D eigenvalue weighted by molar-refractivity contribution is -0.119. The van der Waals surface area contributed by atoms with E-state index in [1.165, 1.54) is 6.08 Å². The molecule has 2 nitrogen and oxygen atoms in total. The van der Waals surface area contributed by atoms with Crippen LogP contribution in [-0.2, 0) is 9.59 Å². The Balaban J connectivity index is 2.79. The molecule has 48 valence electrons. The summed E-state index contributed by atoms with van der Waals surface area (Å²) in [7, 11) is 0. The summed E-state index contributed by atoms with van der Waals surface area (Å²) in [5, 5.41) is 0. The molecule has 0 spiro atoms. The van der Waals surface area contributed by atoms with Crippen molar-refractivity contribution in [3.63, 3.8) is 0 Å². The first-order valence-corrected chi connectivity index (χ1v) is 2.85. The minimum atomic E-state index is -0.503. The molecule has 1 aliphatic carbocycles. The lowest BCUT2D eigenvalue weighted by Gasteiger charge is -2.08. The van der Waals surface area contributed by atoms with Crippen LogP contribution in [0.1, 0.15) is 13.3 Å². The van der Waals surface area contributed by atoms with Gasteiger partial charge in [0.15, 0.2) is 5.78 Å². The maximum absolute atomic E-state index is 10.6. The summed E-state index contributed by atoms with van der Waals surface area (Å²) in [6.45, 7) is 1.75. The molecule has 1 rings (SSSR count). The van der Waals surface area contributed by atoms with Crippen LogP contribution in [0.15, 0.2) is 12.2 Å². The Morgan fingerprint density at radius 2 is 2.44 bits per heavy atom. The highest BCUT2D eigenvalue weighted by Crippen LogP contribution is 2.25. The predicted molar refractivity (Wildman–Crippen MR) is 32.9 cm³/mol. The smallest absolute Gasteiger partial charge is 0.156 e. The standard InChI is InChI=1S/C7H8O2/c1-7(5-8)3-2-6(9)4-7/h2-3,5H,4H2,1H3/t7-/m0/s1. The van der Waals surface area contributed by atoms with Crippen molar-refractivity contribution in [3.8, 4) is 0 Å². The number of carbonyl (C=O) groups excluding carboxylic acids is 2. The van der Waals surface area contributed by atoms with Crippen LogP contribution in [-0.4, -0.2) is 12.1 Å². The van der Waals surface area contributed by atoms with Crippen LogP contribution in [0, 0.1) is 5.41 Å². The molecule has 0 amide bonds. The van der Waals surface area contributed by atoms with E-state index in [2.05, 4.69) is 0 Å². The zero-order valence-corrected chi connectivity index (χ0v) is 5.26. The third-order valence-corrected chi connectivity index (χ3v) is 1.47. The van der Waals surface area contributed by atoms with Gasteiger partial charge in [-0.25, -0.2) is 0 Å². The van der Waals surface area contributed by atoms with E-state index in [0.717, 1.165) is 6.29 Å². The number of allylic oxidation sites excluding steroid dienone is 2. The van der Waals surface area contributed by atoms with Gasteiger partial charge in [0.25, 0.3) is 0 Å². The molecule has 0 aromatic rings. The molecule has 2 heteroatoms. The summed E-state index contributed by atoms with van der Waals surface area (Å²) in [5.74, 6) is 0.0459. The Labute approximate surface area is 53.6 Å². The van der Waals surface area contributed by atoms with Crippen LogP contribution >= 0.6 is 0 Å². The van der Waals surface area contributed by atoms with Crippen molar-refractivity contribution < 1.29 is 9.59 Å². The zero-order valence-electron chi connectivity index (χ0n) is 5.26. The fraction of sp³-hybridized carbons (Fsp3) is 0.429. The maximum Gasteiger partial charge on any atom is 0.156 e. The van der Waals surface area contributed by atoms with Gasteiger partial charge in [-0.3, -0.25) is 4.79 Å². The van der Waals surface area contributed by atoms with Gasteiger partial charge in [-0.2, -0.15) is 0 Å². The van der Waals surface area contributed by atoms with Gasteiger partial charge in [0.05, 0.1) is 0 Å². The fourth-order valence-electron chi connectivity index (χ4n) is 0.858. The number of hydrogen-bond acceptors (Lipinski definition) is 2. The Bertz CT molecular complexity index is 181. The van der Waals surface area contributed by atoms with Gasteiger partial charge in [0, 0.05) is 11.8 Å². The minimum absolute atomic E-state index is 0.0459. The second-order valence-electron chi connectivity index (χ2n) is 2.60. The van der Waals surface area contributed by atoms with Gasteiger partial charge < -0.3 is 4.79 Å². The van der Waals surface area contributed by atoms with Crippen molar-refractivity contribution in [2.45, 2.75) is 13.3 Å². The van der Waals surface area contributed by atoms with Crippen LogP contribution in [0.3, 0.4) is 0 Å². The van der Waals surface area contributed by atoms with Gasteiger partial charge in [-0.05, 0) is 13.0 Å². The monoisotopic (exact) mass is 124 g/mol. The summed E-state index contributed by atoms with van der Waals surface area (Å²) in [6.07, 6.45) is 4.28. The third-order valence-electron chi connectivity index (χ3n) is 1.47. The highest BCUT2D eigenvalue weighted by Gasteiger charge is 2.27. The van der Waals surface area contributed by atoms with E-state index in [9.17, 15) is 9.59 Å². The molecule has 9 heavy (non-hydrogen) atoms. The molecule has 0 aliphatic heterocycles. The summed E-state index contributed by atoms with van der Waals surface area (Å²) >= 11 is 0. The second-order valence-corrected chi connectivity index (χ2v) is 2.60. The van der Waals surface area contributed by atoms with Crippen LogP contribution in [0.4, 0.5) is 0 Å². The van der Waals surface area contributed by atoms with Crippen molar-refractivity contribution >= 4 is 12.1 Å². The van der Waals surface area contributed by atoms with Crippen LogP contribution in [0.25, 0.3) is 0 Å².